The topological polar surface area (TPSA) is 8.17 Å². The van der Waals surface area contributed by atoms with Crippen LogP contribution >= 0.6 is 0 Å². The van der Waals surface area contributed by atoms with Gasteiger partial charge < -0.3 is 9.47 Å². The van der Waals surface area contributed by atoms with Gasteiger partial charge in [-0.3, -0.25) is 0 Å². The molecule has 55 heavy (non-hydrogen) atoms. The van der Waals surface area contributed by atoms with Crippen LogP contribution in [0, 0.1) is 23.7 Å². The van der Waals surface area contributed by atoms with E-state index in [1.54, 1.807) is 11.1 Å². The van der Waals surface area contributed by atoms with E-state index < -0.39 is 0 Å². The van der Waals surface area contributed by atoms with Gasteiger partial charge in [0.25, 0.3) is 0 Å². The molecule has 1 spiro atoms. The van der Waals surface area contributed by atoms with Gasteiger partial charge in [-0.15, -0.1) is 0 Å². The standard InChI is InChI=1S/C53H44N2/c1-2-14-37(15-3-1)42-18-5-9-24-48(42)55(41-17-12-16-40(34-41)54-49-25-10-6-19-43(49)44-20-7-11-26-50(44)54)51-27-13-23-47-52(51)45-21-4-8-22-46(45)53(47)38-29-28-35-30-36(32-38)33-39(53)31-35/h1-27,34-36,38-39H,28-33H2. The molecule has 5 aliphatic carbocycles. The van der Waals surface area contributed by atoms with Crippen molar-refractivity contribution in [3.63, 3.8) is 0 Å². The molecule has 2 heteroatoms. The van der Waals surface area contributed by atoms with Crippen molar-refractivity contribution in [2.24, 2.45) is 23.7 Å². The number of benzene rings is 7. The number of para-hydroxylation sites is 3. The molecule has 1 heterocycles. The van der Waals surface area contributed by atoms with Crippen molar-refractivity contribution in [3.05, 3.63) is 181 Å². The van der Waals surface area contributed by atoms with Gasteiger partial charge >= 0.3 is 0 Å². The van der Waals surface area contributed by atoms with E-state index in [1.165, 1.54) is 99.6 Å². The molecule has 4 bridgehead atoms. The van der Waals surface area contributed by atoms with Crippen LogP contribution in [0.3, 0.4) is 0 Å². The van der Waals surface area contributed by atoms with E-state index in [0.717, 1.165) is 17.5 Å². The van der Waals surface area contributed by atoms with Crippen molar-refractivity contribution in [2.75, 3.05) is 4.90 Å². The molecule has 0 aliphatic heterocycles. The van der Waals surface area contributed by atoms with Gasteiger partial charge in [-0.05, 0) is 120 Å². The van der Waals surface area contributed by atoms with E-state index in [0.29, 0.717) is 11.8 Å². The molecule has 8 aromatic rings. The Morgan fingerprint density at radius 1 is 0.473 bits per heavy atom. The van der Waals surface area contributed by atoms with Crippen LogP contribution in [0.1, 0.15) is 49.7 Å². The first-order valence-electron chi connectivity index (χ1n) is 20.5. The highest BCUT2D eigenvalue weighted by molar-refractivity contribution is 6.09. The number of hydrogen-bond acceptors (Lipinski definition) is 1. The van der Waals surface area contributed by atoms with E-state index >= 15 is 0 Å². The molecule has 7 aromatic carbocycles. The van der Waals surface area contributed by atoms with E-state index in [2.05, 4.69) is 179 Å². The zero-order valence-corrected chi connectivity index (χ0v) is 31.1. The summed E-state index contributed by atoms with van der Waals surface area (Å²) in [6.45, 7) is 0. The van der Waals surface area contributed by atoms with Gasteiger partial charge in [0.1, 0.15) is 0 Å². The lowest BCUT2D eigenvalue weighted by atomic mass is 9.51. The molecule has 4 saturated carbocycles. The highest BCUT2D eigenvalue weighted by Gasteiger charge is 2.60. The van der Waals surface area contributed by atoms with Crippen molar-refractivity contribution >= 4 is 38.9 Å². The molecule has 1 aromatic heterocycles. The maximum absolute atomic E-state index is 2.60. The first-order chi connectivity index (χ1) is 27.3. The summed E-state index contributed by atoms with van der Waals surface area (Å²) in [5, 5.41) is 2.56. The summed E-state index contributed by atoms with van der Waals surface area (Å²) in [5.41, 5.74) is 15.9. The first-order valence-corrected chi connectivity index (χ1v) is 20.5. The van der Waals surface area contributed by atoms with Crippen molar-refractivity contribution in [3.8, 4) is 27.9 Å². The Labute approximate surface area is 323 Å². The molecule has 5 aliphatic rings. The summed E-state index contributed by atoms with van der Waals surface area (Å²) in [7, 11) is 0. The van der Waals surface area contributed by atoms with E-state index in [9.17, 15) is 0 Å². The van der Waals surface area contributed by atoms with Crippen LogP contribution in [0.5, 0.6) is 0 Å². The predicted molar refractivity (Wildman–Crippen MR) is 229 cm³/mol. The Hall–Kier alpha value is -5.86. The Morgan fingerprint density at radius 3 is 1.95 bits per heavy atom. The molecular formula is C53H44N2. The summed E-state index contributed by atoms with van der Waals surface area (Å²) in [4.78, 5) is 2.60. The number of fused-ring (bicyclic) bond motifs is 7. The molecular weight excluding hydrogens is 665 g/mol. The second-order valence-corrected chi connectivity index (χ2v) is 16.9. The molecule has 0 saturated heterocycles. The molecule has 2 nitrogen and oxygen atoms in total. The summed E-state index contributed by atoms with van der Waals surface area (Å²) >= 11 is 0. The maximum atomic E-state index is 2.60. The van der Waals surface area contributed by atoms with Gasteiger partial charge in [0, 0.05) is 38.7 Å². The van der Waals surface area contributed by atoms with Crippen LogP contribution in [-0.2, 0) is 5.41 Å². The fourth-order valence-corrected chi connectivity index (χ4v) is 12.4. The summed E-state index contributed by atoms with van der Waals surface area (Å²) in [6, 6.07) is 63.9. The molecule has 0 N–H and O–H groups in total. The van der Waals surface area contributed by atoms with Crippen molar-refractivity contribution in [2.45, 2.75) is 43.9 Å². The van der Waals surface area contributed by atoms with Crippen LogP contribution in [-0.4, -0.2) is 4.57 Å². The van der Waals surface area contributed by atoms with Crippen molar-refractivity contribution in [1.29, 1.82) is 0 Å². The third kappa shape index (κ3) is 4.49. The van der Waals surface area contributed by atoms with Crippen molar-refractivity contribution < 1.29 is 0 Å². The summed E-state index contributed by atoms with van der Waals surface area (Å²) in [6.07, 6.45) is 8.37. The van der Waals surface area contributed by atoms with Gasteiger partial charge in [-0.1, -0.05) is 134 Å². The predicted octanol–water partition coefficient (Wildman–Crippen LogP) is 14.0. The quantitative estimate of drug-likeness (QED) is 0.173. The van der Waals surface area contributed by atoms with E-state index in [4.69, 9.17) is 0 Å². The second kappa shape index (κ2) is 12.1. The monoisotopic (exact) mass is 708 g/mol. The molecule has 4 fully saturated rings. The fourth-order valence-electron chi connectivity index (χ4n) is 12.4. The Morgan fingerprint density at radius 2 is 1.11 bits per heavy atom. The number of aromatic nitrogens is 1. The van der Waals surface area contributed by atoms with E-state index in [-0.39, 0.29) is 5.41 Å². The lowest BCUT2D eigenvalue weighted by Crippen LogP contribution is -2.48. The number of hydrogen-bond donors (Lipinski definition) is 0. The minimum Gasteiger partial charge on any atom is -0.309 e. The number of nitrogens with zero attached hydrogens (tertiary/aromatic N) is 2. The third-order valence-electron chi connectivity index (χ3n) is 14.3. The maximum Gasteiger partial charge on any atom is 0.0543 e. The van der Waals surface area contributed by atoms with Gasteiger partial charge in [0.15, 0.2) is 0 Å². The molecule has 0 amide bonds. The average Bonchev–Trinajstić information content (AvgIpc) is 3.65. The average molecular weight is 709 g/mol. The minimum absolute atomic E-state index is 0.0864. The summed E-state index contributed by atoms with van der Waals surface area (Å²) in [5.74, 6) is 3.20. The molecule has 13 rings (SSSR count). The van der Waals surface area contributed by atoms with Crippen LogP contribution in [0.15, 0.2) is 170 Å². The van der Waals surface area contributed by atoms with Crippen LogP contribution in [0.2, 0.25) is 0 Å². The molecule has 5 atom stereocenters. The second-order valence-electron chi connectivity index (χ2n) is 16.9. The van der Waals surface area contributed by atoms with Gasteiger partial charge in [0.05, 0.1) is 22.4 Å². The Kier molecular flexibility index (Phi) is 6.91. The van der Waals surface area contributed by atoms with Crippen LogP contribution in [0.4, 0.5) is 17.1 Å². The third-order valence-corrected chi connectivity index (χ3v) is 14.3. The number of anilines is 3. The largest absolute Gasteiger partial charge is 0.309 e. The van der Waals surface area contributed by atoms with Crippen LogP contribution < -0.4 is 4.90 Å². The summed E-state index contributed by atoms with van der Waals surface area (Å²) < 4.78 is 2.45. The van der Waals surface area contributed by atoms with Gasteiger partial charge in [-0.2, -0.15) is 0 Å². The zero-order valence-electron chi connectivity index (χ0n) is 31.1. The number of rotatable bonds is 5. The highest BCUT2D eigenvalue weighted by atomic mass is 15.2. The molecule has 0 radical (unpaired) electrons. The lowest BCUT2D eigenvalue weighted by Gasteiger charge is -2.53. The van der Waals surface area contributed by atoms with Crippen LogP contribution in [0.25, 0.3) is 49.7 Å². The molecule has 266 valence electrons. The SMILES string of the molecule is c1ccc(-c2ccccc2N(c2cccc(-n3c4ccccc4c4ccccc43)c2)c2cccc3c2-c2ccccc2C32C3CCC4CC(C3)CC2C4)cc1. The smallest absolute Gasteiger partial charge is 0.0543 e. The van der Waals surface area contributed by atoms with Gasteiger partial charge in [-0.25, -0.2) is 0 Å². The zero-order chi connectivity index (χ0) is 36.1. The lowest BCUT2D eigenvalue weighted by molar-refractivity contribution is 0.0618. The molecule has 5 unspecified atom stereocenters. The normalized spacial score (nSPS) is 23.3. The fraction of sp³-hybridized carbons (Fsp3) is 0.208. The van der Waals surface area contributed by atoms with Gasteiger partial charge in [0.2, 0.25) is 0 Å². The first kappa shape index (κ1) is 31.5. The van der Waals surface area contributed by atoms with E-state index in [1.807, 2.05) is 0 Å². The Bertz CT molecular complexity index is 2710. The van der Waals surface area contributed by atoms with Crippen molar-refractivity contribution in [1.82, 2.24) is 4.57 Å². The highest BCUT2D eigenvalue weighted by Crippen LogP contribution is 2.69. The Balaban J connectivity index is 1.13. The minimum atomic E-state index is 0.0864.